The first-order valence-electron chi connectivity index (χ1n) is 2.45. The molecule has 0 bridgehead atoms. The molecule has 0 aromatic heterocycles. The Labute approximate surface area is 112 Å². The Morgan fingerprint density at radius 3 is 2.36 bits per heavy atom. The molecule has 1 N–H and O–H groups in total. The molecule has 0 atom stereocenters. The van der Waals surface area contributed by atoms with Crippen molar-refractivity contribution in [3.05, 3.63) is 25.7 Å². The van der Waals surface area contributed by atoms with Gasteiger partial charge in [0.25, 0.3) is 0 Å². The zero-order valence-corrected chi connectivity index (χ0v) is 11.4. The molecule has 0 aliphatic rings. The molecular formula is C6H4Cl2INaO. The minimum atomic E-state index is -0.0461. The second kappa shape index (κ2) is 5.14. The van der Waals surface area contributed by atoms with E-state index in [2.05, 4.69) is 0 Å². The van der Waals surface area contributed by atoms with Crippen molar-refractivity contribution < 1.29 is 36.1 Å². The first-order valence-corrected chi connectivity index (χ1v) is 4.29. The van der Waals surface area contributed by atoms with Crippen LogP contribution in [-0.2, 0) is 0 Å². The number of phenols is 1. The molecule has 0 aliphatic heterocycles. The summed E-state index contributed by atoms with van der Waals surface area (Å²) in [6.07, 6.45) is 0. The van der Waals surface area contributed by atoms with Gasteiger partial charge in [-0.25, -0.2) is 0 Å². The molecule has 1 aromatic carbocycles. The van der Waals surface area contributed by atoms with Crippen molar-refractivity contribution in [2.45, 2.75) is 0 Å². The third-order valence-corrected chi connectivity index (χ3v) is 2.93. The average molecular weight is 313 g/mol. The van der Waals surface area contributed by atoms with Gasteiger partial charge in [-0.2, -0.15) is 0 Å². The molecule has 5 heteroatoms. The predicted octanol–water partition coefficient (Wildman–Crippen LogP) is 0.420. The molecule has 0 spiro atoms. The van der Waals surface area contributed by atoms with Gasteiger partial charge >= 0.3 is 29.6 Å². The van der Waals surface area contributed by atoms with E-state index in [0.717, 1.165) is 3.57 Å². The van der Waals surface area contributed by atoms with Gasteiger partial charge in [0.15, 0.2) is 5.75 Å². The third kappa shape index (κ3) is 2.94. The van der Waals surface area contributed by atoms with Crippen LogP contribution in [-0.4, -0.2) is 5.11 Å². The molecule has 0 saturated carbocycles. The van der Waals surface area contributed by atoms with Crippen molar-refractivity contribution in [3.8, 4) is 5.75 Å². The summed E-state index contributed by atoms with van der Waals surface area (Å²) in [6, 6.07) is 3.34. The van der Waals surface area contributed by atoms with Gasteiger partial charge in [0.1, 0.15) is 0 Å². The Morgan fingerprint density at radius 2 is 1.91 bits per heavy atom. The van der Waals surface area contributed by atoms with E-state index < -0.39 is 0 Å². The van der Waals surface area contributed by atoms with E-state index in [1.165, 1.54) is 0 Å². The van der Waals surface area contributed by atoms with Crippen LogP contribution in [0.5, 0.6) is 5.75 Å². The fraction of sp³-hybridized carbons (Fsp3) is 0. The van der Waals surface area contributed by atoms with E-state index in [1.807, 2.05) is 22.6 Å². The molecular weight excluding hydrogens is 309 g/mol. The number of benzene rings is 1. The largest absolute Gasteiger partial charge is 1.00 e. The number of aromatic hydroxyl groups is 1. The fourth-order valence-electron chi connectivity index (χ4n) is 0.516. The van der Waals surface area contributed by atoms with Crippen molar-refractivity contribution in [1.29, 1.82) is 0 Å². The summed E-state index contributed by atoms with van der Waals surface area (Å²) in [5, 5.41) is 9.71. The van der Waals surface area contributed by atoms with E-state index in [9.17, 15) is 0 Å². The third-order valence-electron chi connectivity index (χ3n) is 1.02. The molecule has 1 nitrogen and oxygen atoms in total. The van der Waals surface area contributed by atoms with Crippen molar-refractivity contribution >= 4 is 45.8 Å². The second-order valence-corrected chi connectivity index (χ2v) is 3.64. The minimum absolute atomic E-state index is 0. The number of phenolic OH excluding ortho intramolecular Hbond substituents is 1. The van der Waals surface area contributed by atoms with Gasteiger partial charge in [-0.15, -0.1) is 0 Å². The number of halogens is 3. The van der Waals surface area contributed by atoms with Crippen LogP contribution in [0.1, 0.15) is 1.43 Å². The van der Waals surface area contributed by atoms with Crippen LogP contribution in [0.15, 0.2) is 12.1 Å². The zero-order chi connectivity index (χ0) is 7.72. The normalized spacial score (nSPS) is 9.00. The Balaban J connectivity index is 0. The maximum atomic E-state index is 9.12. The number of hydrogen-bond acceptors (Lipinski definition) is 1. The van der Waals surface area contributed by atoms with E-state index in [0.29, 0.717) is 5.02 Å². The van der Waals surface area contributed by atoms with Crippen LogP contribution >= 0.6 is 45.8 Å². The summed E-state index contributed by atoms with van der Waals surface area (Å²) in [4.78, 5) is 0. The Hall–Kier alpha value is 1.33. The van der Waals surface area contributed by atoms with E-state index in [4.69, 9.17) is 28.3 Å². The van der Waals surface area contributed by atoms with Crippen molar-refractivity contribution in [2.24, 2.45) is 0 Å². The van der Waals surface area contributed by atoms with Crippen LogP contribution in [0.2, 0.25) is 10.0 Å². The van der Waals surface area contributed by atoms with Gasteiger partial charge in [-0.05, 0) is 34.7 Å². The molecule has 11 heavy (non-hydrogen) atoms. The fourth-order valence-corrected chi connectivity index (χ4v) is 1.32. The van der Waals surface area contributed by atoms with Gasteiger partial charge in [0.2, 0.25) is 0 Å². The maximum Gasteiger partial charge on any atom is 1.00 e. The average Bonchev–Trinajstić information content (AvgIpc) is 1.93. The molecule has 0 fully saturated rings. The van der Waals surface area contributed by atoms with Crippen LogP contribution in [0, 0.1) is 3.57 Å². The summed E-state index contributed by atoms with van der Waals surface area (Å²) in [7, 11) is 0. The summed E-state index contributed by atoms with van der Waals surface area (Å²) in [6.45, 7) is 0. The van der Waals surface area contributed by atoms with Crippen molar-refractivity contribution in [3.63, 3.8) is 0 Å². The molecule has 0 heterocycles. The Morgan fingerprint density at radius 1 is 1.36 bits per heavy atom. The van der Waals surface area contributed by atoms with Gasteiger partial charge in [0, 0.05) is 3.57 Å². The van der Waals surface area contributed by atoms with Crippen LogP contribution in [0.25, 0.3) is 0 Å². The summed E-state index contributed by atoms with van der Waals surface area (Å²) in [5.41, 5.74) is 0. The summed E-state index contributed by atoms with van der Waals surface area (Å²) < 4.78 is 0.793. The SMILES string of the molecule is Oc1c(Cl)ccc(I)c1Cl.[H-].[Na+]. The minimum Gasteiger partial charge on any atom is -1.00 e. The van der Waals surface area contributed by atoms with Gasteiger partial charge in [0.05, 0.1) is 10.0 Å². The molecule has 0 aliphatic carbocycles. The molecule has 1 rings (SSSR count). The van der Waals surface area contributed by atoms with E-state index in [-0.39, 0.29) is 41.8 Å². The van der Waals surface area contributed by atoms with Gasteiger partial charge < -0.3 is 6.53 Å². The maximum absolute atomic E-state index is 9.12. The van der Waals surface area contributed by atoms with Crippen molar-refractivity contribution in [1.82, 2.24) is 0 Å². The molecule has 0 saturated heterocycles. The number of rotatable bonds is 0. The number of hydrogen-bond donors (Lipinski definition) is 1. The molecule has 0 amide bonds. The van der Waals surface area contributed by atoms with Crippen molar-refractivity contribution in [2.75, 3.05) is 0 Å². The van der Waals surface area contributed by atoms with Gasteiger partial charge in [-0.1, -0.05) is 23.2 Å². The monoisotopic (exact) mass is 312 g/mol. The van der Waals surface area contributed by atoms with E-state index >= 15 is 0 Å². The zero-order valence-electron chi connectivity index (χ0n) is 6.74. The van der Waals surface area contributed by atoms with Crippen LogP contribution in [0.4, 0.5) is 0 Å². The van der Waals surface area contributed by atoms with Crippen LogP contribution < -0.4 is 29.6 Å². The first-order chi connectivity index (χ1) is 4.63. The second-order valence-electron chi connectivity index (χ2n) is 1.69. The van der Waals surface area contributed by atoms with Crippen LogP contribution in [0.3, 0.4) is 0 Å². The predicted molar refractivity (Wildman–Crippen MR) is 52.0 cm³/mol. The molecule has 0 unspecified atom stereocenters. The quantitative estimate of drug-likeness (QED) is 0.418. The topological polar surface area (TPSA) is 20.2 Å². The molecule has 56 valence electrons. The first kappa shape index (κ1) is 12.3. The molecule has 1 aromatic rings. The van der Waals surface area contributed by atoms with E-state index in [1.54, 1.807) is 12.1 Å². The Bertz CT molecular complexity index is 245. The summed E-state index contributed by atoms with van der Waals surface area (Å²) >= 11 is 13.2. The smallest absolute Gasteiger partial charge is 1.00 e. The Kier molecular flexibility index (Phi) is 5.77. The summed E-state index contributed by atoms with van der Waals surface area (Å²) in [5.74, 6) is -0.0461. The molecule has 0 radical (unpaired) electrons. The standard InChI is InChI=1S/C6H3Cl2IO.Na.H/c7-3-1-2-4(9)5(8)6(3)10;;/h1-2,10H;;/q;+1;-1. The van der Waals surface area contributed by atoms with Gasteiger partial charge in [-0.3, -0.25) is 0 Å².